The van der Waals surface area contributed by atoms with Gasteiger partial charge in [0.2, 0.25) is 0 Å². The second-order valence-electron chi connectivity index (χ2n) is 6.34. The van der Waals surface area contributed by atoms with Crippen molar-refractivity contribution in [3.63, 3.8) is 0 Å². The fourth-order valence-electron chi connectivity index (χ4n) is 3.04. The third kappa shape index (κ3) is 5.95. The van der Waals surface area contributed by atoms with Gasteiger partial charge in [0.25, 0.3) is 0 Å². The molecule has 6 heteroatoms. The highest BCUT2D eigenvalue weighted by molar-refractivity contribution is 14.0. The van der Waals surface area contributed by atoms with E-state index in [1.165, 1.54) is 36.8 Å². The van der Waals surface area contributed by atoms with Crippen LogP contribution in [0.3, 0.4) is 0 Å². The topological polar surface area (TPSA) is 54.5 Å². The Morgan fingerprint density at radius 1 is 1.16 bits per heavy atom. The second kappa shape index (κ2) is 10.1. The molecule has 2 aromatic rings. The van der Waals surface area contributed by atoms with Gasteiger partial charge in [0.15, 0.2) is 5.96 Å². The van der Waals surface area contributed by atoms with Gasteiger partial charge in [0, 0.05) is 30.6 Å². The molecule has 0 unspecified atom stereocenters. The molecule has 3 rings (SSSR count). The van der Waals surface area contributed by atoms with Crippen molar-refractivity contribution in [3.05, 3.63) is 40.2 Å². The lowest BCUT2D eigenvalue weighted by atomic mass is 10.1. The van der Waals surface area contributed by atoms with E-state index in [4.69, 9.17) is 5.73 Å². The van der Waals surface area contributed by atoms with Crippen molar-refractivity contribution in [2.45, 2.75) is 39.0 Å². The van der Waals surface area contributed by atoms with E-state index in [-0.39, 0.29) is 24.0 Å². The standard InChI is InChI=1S/C19H26N4S.HI/c1-15-22-18(14-24-15)17-8-6-16(7-9-17)10-11-21-19(20)23-12-4-2-3-5-13-23;/h6-9,14H,2-5,10-13H2,1H3,(H2,20,21);1H. The van der Waals surface area contributed by atoms with Crippen molar-refractivity contribution in [2.24, 2.45) is 10.7 Å². The van der Waals surface area contributed by atoms with E-state index in [1.54, 1.807) is 11.3 Å². The first-order chi connectivity index (χ1) is 11.7. The molecule has 25 heavy (non-hydrogen) atoms. The molecule has 0 aliphatic carbocycles. The van der Waals surface area contributed by atoms with Crippen LogP contribution >= 0.6 is 35.3 Å². The van der Waals surface area contributed by atoms with E-state index in [0.29, 0.717) is 5.96 Å². The van der Waals surface area contributed by atoms with Crippen LogP contribution in [0.4, 0.5) is 0 Å². The number of hydrogen-bond acceptors (Lipinski definition) is 3. The smallest absolute Gasteiger partial charge is 0.191 e. The zero-order valence-electron chi connectivity index (χ0n) is 14.8. The summed E-state index contributed by atoms with van der Waals surface area (Å²) in [7, 11) is 0. The van der Waals surface area contributed by atoms with Crippen molar-refractivity contribution in [1.29, 1.82) is 0 Å². The molecule has 0 saturated carbocycles. The zero-order chi connectivity index (χ0) is 16.8. The molecule has 0 atom stereocenters. The lowest BCUT2D eigenvalue weighted by Gasteiger charge is -2.21. The average Bonchev–Trinajstić information content (AvgIpc) is 2.86. The number of likely N-dealkylation sites (tertiary alicyclic amines) is 1. The molecule has 2 N–H and O–H groups in total. The summed E-state index contributed by atoms with van der Waals surface area (Å²) in [5.74, 6) is 0.714. The molecular formula is C19H27IN4S. The highest BCUT2D eigenvalue weighted by atomic mass is 127. The molecule has 0 radical (unpaired) electrons. The Kier molecular flexibility index (Phi) is 8.15. The van der Waals surface area contributed by atoms with Gasteiger partial charge in [0.1, 0.15) is 0 Å². The highest BCUT2D eigenvalue weighted by Gasteiger charge is 2.10. The van der Waals surface area contributed by atoms with E-state index in [9.17, 15) is 0 Å². The molecule has 0 spiro atoms. The molecule has 0 amide bonds. The molecule has 1 aliphatic heterocycles. The van der Waals surface area contributed by atoms with Crippen LogP contribution in [0.2, 0.25) is 0 Å². The number of nitrogens with zero attached hydrogens (tertiary/aromatic N) is 3. The van der Waals surface area contributed by atoms with Crippen LogP contribution in [-0.4, -0.2) is 35.5 Å². The van der Waals surface area contributed by atoms with Crippen molar-refractivity contribution < 1.29 is 0 Å². The first-order valence-electron chi connectivity index (χ1n) is 8.79. The summed E-state index contributed by atoms with van der Waals surface area (Å²) in [5.41, 5.74) is 9.68. The van der Waals surface area contributed by atoms with Crippen molar-refractivity contribution in [1.82, 2.24) is 9.88 Å². The Labute approximate surface area is 171 Å². The number of guanidine groups is 1. The van der Waals surface area contributed by atoms with Crippen LogP contribution in [-0.2, 0) is 6.42 Å². The van der Waals surface area contributed by atoms with E-state index in [2.05, 4.69) is 44.5 Å². The molecule has 1 fully saturated rings. The SMILES string of the molecule is Cc1nc(-c2ccc(CCN=C(N)N3CCCCCC3)cc2)cs1.I. The van der Waals surface area contributed by atoms with Crippen LogP contribution in [0, 0.1) is 6.92 Å². The molecule has 2 heterocycles. The largest absolute Gasteiger partial charge is 0.370 e. The van der Waals surface area contributed by atoms with Gasteiger partial charge in [-0.15, -0.1) is 35.3 Å². The van der Waals surface area contributed by atoms with Crippen molar-refractivity contribution in [2.75, 3.05) is 19.6 Å². The molecule has 136 valence electrons. The Balaban J connectivity index is 0.00000225. The average molecular weight is 470 g/mol. The van der Waals surface area contributed by atoms with Crippen LogP contribution in [0.15, 0.2) is 34.6 Å². The summed E-state index contributed by atoms with van der Waals surface area (Å²) in [4.78, 5) is 11.3. The fourth-order valence-corrected chi connectivity index (χ4v) is 3.66. The van der Waals surface area contributed by atoms with Gasteiger partial charge < -0.3 is 10.6 Å². The lowest BCUT2D eigenvalue weighted by Crippen LogP contribution is -2.38. The number of aryl methyl sites for hydroxylation is 1. The number of halogens is 1. The van der Waals surface area contributed by atoms with E-state index < -0.39 is 0 Å². The summed E-state index contributed by atoms with van der Waals surface area (Å²) in [6.45, 7) is 4.89. The second-order valence-corrected chi connectivity index (χ2v) is 7.40. The maximum Gasteiger partial charge on any atom is 0.191 e. The van der Waals surface area contributed by atoms with Gasteiger partial charge >= 0.3 is 0 Å². The van der Waals surface area contributed by atoms with Crippen LogP contribution < -0.4 is 5.73 Å². The van der Waals surface area contributed by atoms with Crippen molar-refractivity contribution in [3.8, 4) is 11.3 Å². The first-order valence-corrected chi connectivity index (χ1v) is 9.66. The number of rotatable bonds is 4. The Morgan fingerprint density at radius 3 is 2.44 bits per heavy atom. The van der Waals surface area contributed by atoms with Crippen LogP contribution in [0.25, 0.3) is 11.3 Å². The first kappa shape index (κ1) is 20.2. The maximum atomic E-state index is 6.15. The highest BCUT2D eigenvalue weighted by Crippen LogP contribution is 2.21. The summed E-state index contributed by atoms with van der Waals surface area (Å²) in [6, 6.07) is 8.63. The minimum Gasteiger partial charge on any atom is -0.370 e. The predicted octanol–water partition coefficient (Wildman–Crippen LogP) is 4.47. The molecule has 1 aliphatic rings. The third-order valence-corrected chi connectivity index (χ3v) is 5.25. The zero-order valence-corrected chi connectivity index (χ0v) is 17.9. The van der Waals surface area contributed by atoms with Crippen LogP contribution in [0.5, 0.6) is 0 Å². The quantitative estimate of drug-likeness (QED) is 0.408. The van der Waals surface area contributed by atoms with Gasteiger partial charge in [-0.1, -0.05) is 37.1 Å². The number of benzene rings is 1. The fraction of sp³-hybridized carbons (Fsp3) is 0.474. The van der Waals surface area contributed by atoms with E-state index >= 15 is 0 Å². The molecule has 1 aromatic heterocycles. The normalized spacial score (nSPS) is 15.6. The van der Waals surface area contributed by atoms with Gasteiger partial charge in [-0.25, -0.2) is 4.98 Å². The molecular weight excluding hydrogens is 443 g/mol. The number of thiazole rings is 1. The van der Waals surface area contributed by atoms with Crippen LogP contribution in [0.1, 0.15) is 36.3 Å². The molecule has 1 saturated heterocycles. The number of aromatic nitrogens is 1. The Morgan fingerprint density at radius 2 is 1.84 bits per heavy atom. The molecule has 1 aromatic carbocycles. The van der Waals surface area contributed by atoms with E-state index in [1.807, 2.05) is 6.92 Å². The Bertz CT molecular complexity index is 673. The summed E-state index contributed by atoms with van der Waals surface area (Å²) >= 11 is 1.69. The van der Waals surface area contributed by atoms with Crippen molar-refractivity contribution >= 4 is 41.3 Å². The molecule has 0 bridgehead atoms. The summed E-state index contributed by atoms with van der Waals surface area (Å²) in [6.07, 6.45) is 6.01. The minimum atomic E-state index is 0. The van der Waals surface area contributed by atoms with E-state index in [0.717, 1.165) is 36.8 Å². The lowest BCUT2D eigenvalue weighted by molar-refractivity contribution is 0.428. The predicted molar refractivity (Wildman–Crippen MR) is 118 cm³/mol. The van der Waals surface area contributed by atoms with Gasteiger partial charge in [-0.05, 0) is 31.7 Å². The monoisotopic (exact) mass is 470 g/mol. The molecule has 4 nitrogen and oxygen atoms in total. The minimum absolute atomic E-state index is 0. The third-order valence-electron chi connectivity index (χ3n) is 4.47. The van der Waals surface area contributed by atoms with Gasteiger partial charge in [-0.2, -0.15) is 0 Å². The maximum absolute atomic E-state index is 6.15. The summed E-state index contributed by atoms with van der Waals surface area (Å²) in [5, 5.41) is 3.21. The Hall–Kier alpha value is -1.15. The van der Waals surface area contributed by atoms with Gasteiger partial charge in [-0.3, -0.25) is 4.99 Å². The number of hydrogen-bond donors (Lipinski definition) is 1. The summed E-state index contributed by atoms with van der Waals surface area (Å²) < 4.78 is 0. The van der Waals surface area contributed by atoms with Gasteiger partial charge in [0.05, 0.1) is 10.7 Å². The number of aliphatic imine (C=N–C) groups is 1. The number of nitrogens with two attached hydrogens (primary N) is 1.